The van der Waals surface area contributed by atoms with E-state index in [0.717, 1.165) is 5.56 Å². The molecule has 5 rings (SSSR count). The zero-order chi connectivity index (χ0) is 16.9. The molecular weight excluding hydrogens is 304 g/mol. The van der Waals surface area contributed by atoms with Crippen molar-refractivity contribution in [2.45, 2.75) is 56.2 Å². The molecule has 4 fully saturated rings. The maximum atomic E-state index is 11.4. The van der Waals surface area contributed by atoms with Crippen molar-refractivity contribution < 1.29 is 20.1 Å². The van der Waals surface area contributed by atoms with Gasteiger partial charge in [0.15, 0.2) is 0 Å². The molecular formula is C20H26O4. The van der Waals surface area contributed by atoms with Gasteiger partial charge in [-0.05, 0) is 43.1 Å². The average Bonchev–Trinajstić information content (AvgIpc) is 2.93. The molecule has 4 nitrogen and oxygen atoms in total. The lowest BCUT2D eigenvalue weighted by Crippen LogP contribution is -2.59. The van der Waals surface area contributed by atoms with Crippen LogP contribution in [0.15, 0.2) is 30.3 Å². The third kappa shape index (κ3) is 1.50. The Hall–Kier alpha value is -0.940. The fourth-order valence-electron chi connectivity index (χ4n) is 7.13. The predicted octanol–water partition coefficient (Wildman–Crippen LogP) is 1.72. The molecule has 1 aromatic carbocycles. The second-order valence-electron chi connectivity index (χ2n) is 8.86. The molecule has 1 aromatic rings. The third-order valence-corrected chi connectivity index (χ3v) is 8.02. The molecule has 3 N–H and O–H groups in total. The number of hydrogen-bond donors (Lipinski definition) is 3. The van der Waals surface area contributed by atoms with Crippen LogP contribution in [-0.2, 0) is 11.3 Å². The summed E-state index contributed by atoms with van der Waals surface area (Å²) in [5.74, 6) is 0.0473. The molecule has 0 aromatic heterocycles. The molecule has 9 atom stereocenters. The minimum atomic E-state index is -1.16. The molecule has 4 saturated carbocycles. The second-order valence-corrected chi connectivity index (χ2v) is 8.86. The maximum absolute atomic E-state index is 11.4. The van der Waals surface area contributed by atoms with Crippen LogP contribution >= 0.6 is 0 Å². The Morgan fingerprint density at radius 1 is 1.08 bits per heavy atom. The average molecular weight is 330 g/mol. The Kier molecular flexibility index (Phi) is 2.82. The van der Waals surface area contributed by atoms with Gasteiger partial charge in [0.05, 0.1) is 29.5 Å². The van der Waals surface area contributed by atoms with E-state index in [1.165, 1.54) is 0 Å². The van der Waals surface area contributed by atoms with Gasteiger partial charge in [-0.3, -0.25) is 0 Å². The maximum Gasteiger partial charge on any atom is 0.0999 e. The van der Waals surface area contributed by atoms with E-state index in [2.05, 4.69) is 0 Å². The first kappa shape index (κ1) is 15.3. The number of benzene rings is 1. The monoisotopic (exact) mass is 330 g/mol. The lowest BCUT2D eigenvalue weighted by molar-refractivity contribution is -0.202. The standard InChI is InChI=1S/C20H26O4/c1-11-16(24-10-12-6-4-3-5-7-12)15-13-8-19(11,22)20(23)9-14(15)18(2,21)17(13)20/h3-7,11,13-17,21-23H,8-10H2,1-2H3/t11-,13+,14-,15-,16-,17+,18?,19-,20-/m1/s1. The number of ether oxygens (including phenoxy) is 1. The van der Waals surface area contributed by atoms with Crippen molar-refractivity contribution in [2.24, 2.45) is 29.6 Å². The Balaban J connectivity index is 1.50. The first-order chi connectivity index (χ1) is 11.3. The van der Waals surface area contributed by atoms with Gasteiger partial charge in [-0.1, -0.05) is 37.3 Å². The van der Waals surface area contributed by atoms with E-state index in [0.29, 0.717) is 19.4 Å². The molecule has 24 heavy (non-hydrogen) atoms. The summed E-state index contributed by atoms with van der Waals surface area (Å²) in [6.07, 6.45) is 0.974. The summed E-state index contributed by atoms with van der Waals surface area (Å²) >= 11 is 0. The second kappa shape index (κ2) is 4.42. The molecule has 4 aliphatic carbocycles. The molecule has 0 saturated heterocycles. The molecule has 4 bridgehead atoms. The fraction of sp³-hybridized carbons (Fsp3) is 0.700. The van der Waals surface area contributed by atoms with Crippen LogP contribution in [0.3, 0.4) is 0 Å². The van der Waals surface area contributed by atoms with Crippen LogP contribution in [0.4, 0.5) is 0 Å². The van der Waals surface area contributed by atoms with Gasteiger partial charge < -0.3 is 20.1 Å². The molecule has 130 valence electrons. The quantitative estimate of drug-likeness (QED) is 0.789. The van der Waals surface area contributed by atoms with E-state index >= 15 is 0 Å². The summed E-state index contributed by atoms with van der Waals surface area (Å²) in [5, 5.41) is 33.8. The molecule has 0 amide bonds. The summed E-state index contributed by atoms with van der Waals surface area (Å²) in [6, 6.07) is 10.1. The minimum Gasteiger partial charge on any atom is -0.389 e. The zero-order valence-electron chi connectivity index (χ0n) is 14.2. The third-order valence-electron chi connectivity index (χ3n) is 8.02. The summed E-state index contributed by atoms with van der Waals surface area (Å²) < 4.78 is 6.31. The first-order valence-corrected chi connectivity index (χ1v) is 9.13. The molecule has 4 heteroatoms. The smallest absolute Gasteiger partial charge is 0.0999 e. The van der Waals surface area contributed by atoms with Crippen LogP contribution in [0.2, 0.25) is 0 Å². The molecule has 1 unspecified atom stereocenters. The summed E-state index contributed by atoms with van der Waals surface area (Å²) in [5.41, 5.74) is -2.09. The van der Waals surface area contributed by atoms with Crippen LogP contribution in [0.5, 0.6) is 0 Å². The lowest BCUT2D eigenvalue weighted by Gasteiger charge is -2.46. The van der Waals surface area contributed by atoms with Crippen molar-refractivity contribution >= 4 is 0 Å². The number of aliphatic hydroxyl groups is 3. The van der Waals surface area contributed by atoms with Crippen molar-refractivity contribution in [2.75, 3.05) is 0 Å². The molecule has 0 spiro atoms. The largest absolute Gasteiger partial charge is 0.389 e. The Morgan fingerprint density at radius 2 is 1.79 bits per heavy atom. The van der Waals surface area contributed by atoms with Gasteiger partial charge in [-0.2, -0.15) is 0 Å². The predicted molar refractivity (Wildman–Crippen MR) is 87.9 cm³/mol. The topological polar surface area (TPSA) is 69.9 Å². The number of fused-ring (bicyclic) bond motifs is 4. The first-order valence-electron chi connectivity index (χ1n) is 9.13. The lowest BCUT2D eigenvalue weighted by atomic mass is 9.68. The van der Waals surface area contributed by atoms with E-state index < -0.39 is 16.8 Å². The van der Waals surface area contributed by atoms with Gasteiger partial charge in [0, 0.05) is 11.8 Å². The van der Waals surface area contributed by atoms with Crippen molar-refractivity contribution in [1.82, 2.24) is 0 Å². The Labute approximate surface area is 142 Å². The van der Waals surface area contributed by atoms with Crippen molar-refractivity contribution in [3.8, 4) is 0 Å². The van der Waals surface area contributed by atoms with E-state index in [1.807, 2.05) is 44.2 Å². The normalized spacial score (nSPS) is 57.0. The highest BCUT2D eigenvalue weighted by atomic mass is 16.5. The zero-order valence-corrected chi connectivity index (χ0v) is 14.2. The van der Waals surface area contributed by atoms with Gasteiger partial charge in [0.2, 0.25) is 0 Å². The summed E-state index contributed by atoms with van der Waals surface area (Å²) in [4.78, 5) is 0. The van der Waals surface area contributed by atoms with Gasteiger partial charge in [-0.25, -0.2) is 0 Å². The van der Waals surface area contributed by atoms with E-state index in [-0.39, 0.29) is 35.7 Å². The van der Waals surface area contributed by atoms with Gasteiger partial charge >= 0.3 is 0 Å². The minimum absolute atomic E-state index is 0.0113. The molecule has 4 aliphatic rings. The highest BCUT2D eigenvalue weighted by Crippen LogP contribution is 2.76. The van der Waals surface area contributed by atoms with E-state index in [4.69, 9.17) is 4.74 Å². The van der Waals surface area contributed by atoms with Crippen LogP contribution < -0.4 is 0 Å². The fourth-order valence-corrected chi connectivity index (χ4v) is 7.13. The van der Waals surface area contributed by atoms with Crippen molar-refractivity contribution in [3.05, 3.63) is 35.9 Å². The highest BCUT2D eigenvalue weighted by molar-refractivity contribution is 5.34. The van der Waals surface area contributed by atoms with Crippen LogP contribution in [0.25, 0.3) is 0 Å². The van der Waals surface area contributed by atoms with E-state index in [9.17, 15) is 15.3 Å². The molecule has 0 aliphatic heterocycles. The Bertz CT molecular complexity index is 673. The highest BCUT2D eigenvalue weighted by Gasteiger charge is 2.85. The SMILES string of the molecule is C[C@@H]1[C@@H](OCc2ccccc2)[C@@H]2[C@@H]3C[C@]1(O)[C@@]1(O)C[C@H]2C(C)(O)[C@H]31. The summed E-state index contributed by atoms with van der Waals surface area (Å²) in [7, 11) is 0. The molecule has 0 heterocycles. The van der Waals surface area contributed by atoms with E-state index in [1.54, 1.807) is 0 Å². The molecule has 0 radical (unpaired) electrons. The van der Waals surface area contributed by atoms with Crippen LogP contribution in [-0.4, -0.2) is 38.2 Å². The van der Waals surface area contributed by atoms with Gasteiger partial charge in [-0.15, -0.1) is 0 Å². The van der Waals surface area contributed by atoms with Gasteiger partial charge in [0.25, 0.3) is 0 Å². The van der Waals surface area contributed by atoms with Crippen molar-refractivity contribution in [3.63, 3.8) is 0 Å². The number of hydrogen-bond acceptors (Lipinski definition) is 4. The summed E-state index contributed by atoms with van der Waals surface area (Å²) in [6.45, 7) is 4.37. The van der Waals surface area contributed by atoms with Crippen LogP contribution in [0, 0.1) is 29.6 Å². The van der Waals surface area contributed by atoms with Crippen LogP contribution in [0.1, 0.15) is 32.3 Å². The Morgan fingerprint density at radius 3 is 2.50 bits per heavy atom. The number of rotatable bonds is 3. The van der Waals surface area contributed by atoms with Crippen molar-refractivity contribution in [1.29, 1.82) is 0 Å². The van der Waals surface area contributed by atoms with Gasteiger partial charge in [0.1, 0.15) is 0 Å².